The van der Waals surface area contributed by atoms with E-state index >= 15 is 0 Å². The fourth-order valence-electron chi connectivity index (χ4n) is 1.84. The third-order valence-electron chi connectivity index (χ3n) is 2.72. The minimum absolute atomic E-state index is 0.562. The zero-order valence-electron chi connectivity index (χ0n) is 11.5. The van der Waals surface area contributed by atoms with Crippen molar-refractivity contribution in [2.75, 3.05) is 5.75 Å². The molecule has 0 aliphatic heterocycles. The third kappa shape index (κ3) is 4.67. The molecule has 102 valence electrons. The van der Waals surface area contributed by atoms with Gasteiger partial charge < -0.3 is 0 Å². The van der Waals surface area contributed by atoms with Crippen LogP contribution >= 0.6 is 11.8 Å². The van der Waals surface area contributed by atoms with E-state index in [1.165, 1.54) is 5.56 Å². The van der Waals surface area contributed by atoms with Crippen molar-refractivity contribution in [1.82, 2.24) is 20.2 Å². The lowest BCUT2D eigenvalue weighted by Crippen LogP contribution is -2.07. The lowest BCUT2D eigenvalue weighted by Gasteiger charge is -2.06. The molecule has 5 heteroatoms. The topological polar surface area (TPSA) is 43.6 Å². The fraction of sp³-hybridized carbons (Fsp3) is 0.500. The number of aryl methyl sites for hydroxylation is 1. The highest BCUT2D eigenvalue weighted by Gasteiger charge is 2.07. The molecule has 0 fully saturated rings. The van der Waals surface area contributed by atoms with Crippen LogP contribution in [0.4, 0.5) is 0 Å². The first-order valence-corrected chi connectivity index (χ1v) is 7.67. The number of rotatable bonds is 7. The van der Waals surface area contributed by atoms with E-state index in [9.17, 15) is 0 Å². The van der Waals surface area contributed by atoms with E-state index in [0.717, 1.165) is 30.3 Å². The van der Waals surface area contributed by atoms with Crippen molar-refractivity contribution in [3.63, 3.8) is 0 Å². The minimum atomic E-state index is 0.562. The number of thioether (sulfide) groups is 1. The monoisotopic (exact) mass is 276 g/mol. The van der Waals surface area contributed by atoms with Gasteiger partial charge in [0.15, 0.2) is 0 Å². The summed E-state index contributed by atoms with van der Waals surface area (Å²) in [7, 11) is 0. The summed E-state index contributed by atoms with van der Waals surface area (Å²) in [6, 6.07) is 10.6. The van der Waals surface area contributed by atoms with Gasteiger partial charge in [0.1, 0.15) is 0 Å². The van der Waals surface area contributed by atoms with Crippen LogP contribution in [0.5, 0.6) is 0 Å². The summed E-state index contributed by atoms with van der Waals surface area (Å²) in [6.07, 6.45) is 2.25. The summed E-state index contributed by atoms with van der Waals surface area (Å²) >= 11 is 1.74. The quantitative estimate of drug-likeness (QED) is 0.576. The van der Waals surface area contributed by atoms with Crippen molar-refractivity contribution in [1.29, 1.82) is 0 Å². The van der Waals surface area contributed by atoms with Crippen molar-refractivity contribution in [2.24, 2.45) is 5.92 Å². The van der Waals surface area contributed by atoms with Gasteiger partial charge in [0.05, 0.1) is 0 Å². The van der Waals surface area contributed by atoms with E-state index in [1.807, 2.05) is 4.68 Å². The maximum Gasteiger partial charge on any atom is 0.209 e. The molecule has 0 bridgehead atoms. The van der Waals surface area contributed by atoms with E-state index in [-0.39, 0.29) is 0 Å². The summed E-state index contributed by atoms with van der Waals surface area (Å²) < 4.78 is 1.90. The summed E-state index contributed by atoms with van der Waals surface area (Å²) in [5.41, 5.74) is 1.39. The molecule has 2 aromatic rings. The molecule has 19 heavy (non-hydrogen) atoms. The van der Waals surface area contributed by atoms with Gasteiger partial charge in [0.2, 0.25) is 5.16 Å². The molecular formula is C14H20N4S. The molecule has 0 spiro atoms. The van der Waals surface area contributed by atoms with Gasteiger partial charge in [0.25, 0.3) is 0 Å². The van der Waals surface area contributed by atoms with E-state index in [1.54, 1.807) is 11.8 Å². The normalized spacial score (nSPS) is 11.1. The Balaban J connectivity index is 1.75. The van der Waals surface area contributed by atoms with Crippen molar-refractivity contribution < 1.29 is 0 Å². The highest BCUT2D eigenvalue weighted by molar-refractivity contribution is 7.99. The molecular weight excluding hydrogens is 256 g/mol. The maximum atomic E-state index is 4.08. The lowest BCUT2D eigenvalue weighted by molar-refractivity contribution is 0.446. The Labute approximate surface area is 118 Å². The molecule has 0 atom stereocenters. The van der Waals surface area contributed by atoms with Gasteiger partial charge in [-0.3, -0.25) is 0 Å². The number of hydrogen-bond acceptors (Lipinski definition) is 4. The third-order valence-corrected chi connectivity index (χ3v) is 3.76. The highest BCUT2D eigenvalue weighted by Crippen LogP contribution is 2.17. The van der Waals surface area contributed by atoms with Crippen molar-refractivity contribution in [3.8, 4) is 0 Å². The Kier molecular flexibility index (Phi) is 5.39. The van der Waals surface area contributed by atoms with Crippen LogP contribution in [0.15, 0.2) is 35.5 Å². The number of nitrogens with zero attached hydrogens (tertiary/aromatic N) is 4. The first-order valence-electron chi connectivity index (χ1n) is 6.68. The molecule has 0 saturated carbocycles. The van der Waals surface area contributed by atoms with Gasteiger partial charge in [-0.25, -0.2) is 4.68 Å². The number of tetrazole rings is 1. The second-order valence-corrected chi connectivity index (χ2v) is 6.04. The van der Waals surface area contributed by atoms with Crippen LogP contribution in [0.3, 0.4) is 0 Å². The standard InChI is InChI=1S/C14H20N4S/c1-12(2)11-18-14(15-16-17-18)19-10-6-9-13-7-4-3-5-8-13/h3-5,7-8,12H,6,9-11H2,1-2H3. The van der Waals surface area contributed by atoms with E-state index in [4.69, 9.17) is 0 Å². The Morgan fingerprint density at radius 3 is 2.74 bits per heavy atom. The summed E-state index contributed by atoms with van der Waals surface area (Å²) in [5.74, 6) is 1.61. The second-order valence-electron chi connectivity index (χ2n) is 4.98. The largest absolute Gasteiger partial charge is 0.220 e. The summed E-state index contributed by atoms with van der Waals surface area (Å²) in [6.45, 7) is 5.23. The zero-order valence-corrected chi connectivity index (χ0v) is 12.3. The predicted molar refractivity (Wildman–Crippen MR) is 78.1 cm³/mol. The number of hydrogen-bond donors (Lipinski definition) is 0. The Morgan fingerprint density at radius 1 is 1.21 bits per heavy atom. The first kappa shape index (κ1) is 14.1. The second kappa shape index (κ2) is 7.28. The highest BCUT2D eigenvalue weighted by atomic mass is 32.2. The molecule has 0 N–H and O–H groups in total. The molecule has 1 aromatic carbocycles. The molecule has 0 unspecified atom stereocenters. The van der Waals surface area contributed by atoms with E-state index in [0.29, 0.717) is 5.92 Å². The van der Waals surface area contributed by atoms with Gasteiger partial charge in [-0.1, -0.05) is 55.9 Å². The average Bonchev–Trinajstić information content (AvgIpc) is 2.82. The minimum Gasteiger partial charge on any atom is -0.220 e. The van der Waals surface area contributed by atoms with Crippen LogP contribution in [0.1, 0.15) is 25.8 Å². The van der Waals surface area contributed by atoms with Crippen molar-refractivity contribution in [3.05, 3.63) is 35.9 Å². The van der Waals surface area contributed by atoms with E-state index < -0.39 is 0 Å². The van der Waals surface area contributed by atoms with Crippen LogP contribution in [-0.2, 0) is 13.0 Å². The van der Waals surface area contributed by atoms with Crippen LogP contribution in [0, 0.1) is 5.92 Å². The zero-order chi connectivity index (χ0) is 13.5. The predicted octanol–water partition coefficient (Wildman–Crippen LogP) is 3.05. The fourth-order valence-corrected chi connectivity index (χ4v) is 2.67. The molecule has 4 nitrogen and oxygen atoms in total. The number of aromatic nitrogens is 4. The molecule has 0 radical (unpaired) electrons. The first-order chi connectivity index (χ1) is 9.25. The molecule has 1 aromatic heterocycles. The van der Waals surface area contributed by atoms with Crippen molar-refractivity contribution in [2.45, 2.75) is 38.4 Å². The Bertz CT molecular complexity index is 481. The van der Waals surface area contributed by atoms with Crippen molar-refractivity contribution >= 4 is 11.8 Å². The van der Waals surface area contributed by atoms with Gasteiger partial charge >= 0.3 is 0 Å². The SMILES string of the molecule is CC(C)Cn1nnnc1SCCCc1ccccc1. The molecule has 1 heterocycles. The van der Waals surface area contributed by atoms with Crippen LogP contribution in [-0.4, -0.2) is 26.0 Å². The average molecular weight is 276 g/mol. The Morgan fingerprint density at radius 2 is 2.00 bits per heavy atom. The van der Waals surface area contributed by atoms with Gasteiger partial charge in [-0.2, -0.15) is 0 Å². The Hall–Kier alpha value is -1.36. The summed E-state index contributed by atoms with van der Waals surface area (Å²) in [4.78, 5) is 0. The smallest absolute Gasteiger partial charge is 0.209 e. The molecule has 2 rings (SSSR count). The van der Waals surface area contributed by atoms with E-state index in [2.05, 4.69) is 59.7 Å². The van der Waals surface area contributed by atoms with Crippen LogP contribution < -0.4 is 0 Å². The molecule has 0 saturated heterocycles. The van der Waals surface area contributed by atoms with Crippen LogP contribution in [0.25, 0.3) is 0 Å². The van der Waals surface area contributed by atoms with Crippen LogP contribution in [0.2, 0.25) is 0 Å². The summed E-state index contributed by atoms with van der Waals surface area (Å²) in [5, 5.41) is 12.8. The molecule has 0 aliphatic rings. The molecule has 0 amide bonds. The lowest BCUT2D eigenvalue weighted by atomic mass is 10.1. The maximum absolute atomic E-state index is 4.08. The van der Waals surface area contributed by atoms with Gasteiger partial charge in [0, 0.05) is 12.3 Å². The van der Waals surface area contributed by atoms with Gasteiger partial charge in [-0.05, 0) is 34.7 Å². The van der Waals surface area contributed by atoms with Gasteiger partial charge in [-0.15, -0.1) is 5.10 Å². The number of benzene rings is 1. The molecule has 0 aliphatic carbocycles.